The van der Waals surface area contributed by atoms with E-state index in [0.717, 1.165) is 56.7 Å². The summed E-state index contributed by atoms with van der Waals surface area (Å²) in [6, 6.07) is 7.10. The van der Waals surface area contributed by atoms with Crippen LogP contribution < -0.4 is 0 Å². The summed E-state index contributed by atoms with van der Waals surface area (Å²) in [4.78, 5) is 9.07. The summed E-state index contributed by atoms with van der Waals surface area (Å²) < 4.78 is 33.8. The number of ether oxygens (including phenoxy) is 1. The van der Waals surface area contributed by atoms with Gasteiger partial charge >= 0.3 is 6.55 Å². The number of rotatable bonds is 5. The number of fused-ring (bicyclic) bond motifs is 1. The first kappa shape index (κ1) is 16.9. The molecule has 25 heavy (non-hydrogen) atoms. The van der Waals surface area contributed by atoms with Crippen molar-refractivity contribution in [3.63, 3.8) is 0 Å². The maximum absolute atomic E-state index is 13.5. The average Bonchev–Trinajstić information content (AvgIpc) is 3.23. The molecule has 1 aromatic heterocycles. The van der Waals surface area contributed by atoms with E-state index in [9.17, 15) is 8.78 Å². The van der Waals surface area contributed by atoms with Crippen molar-refractivity contribution in [3.05, 3.63) is 30.1 Å². The van der Waals surface area contributed by atoms with Crippen molar-refractivity contribution in [2.45, 2.75) is 32.0 Å². The number of piperazine rings is 1. The van der Waals surface area contributed by atoms with Gasteiger partial charge in [-0.3, -0.25) is 14.4 Å². The van der Waals surface area contributed by atoms with E-state index in [4.69, 9.17) is 4.74 Å². The van der Waals surface area contributed by atoms with Crippen LogP contribution in [-0.2, 0) is 11.3 Å². The molecule has 2 aliphatic rings. The molecule has 0 radical (unpaired) electrons. The maximum Gasteiger partial charge on any atom is 0.320 e. The Morgan fingerprint density at radius 3 is 2.60 bits per heavy atom. The molecule has 0 amide bonds. The predicted molar refractivity (Wildman–Crippen MR) is 91.7 cm³/mol. The average molecular weight is 350 g/mol. The topological polar surface area (TPSA) is 33.5 Å². The van der Waals surface area contributed by atoms with Gasteiger partial charge in [0.2, 0.25) is 0 Å². The van der Waals surface area contributed by atoms with Crippen molar-refractivity contribution in [2.75, 3.05) is 39.3 Å². The first-order chi connectivity index (χ1) is 12.2. The minimum atomic E-state index is -2.57. The van der Waals surface area contributed by atoms with E-state index in [-0.39, 0.29) is 0 Å². The van der Waals surface area contributed by atoms with Gasteiger partial charge in [-0.25, -0.2) is 4.98 Å². The molecule has 7 heteroatoms. The lowest BCUT2D eigenvalue weighted by Gasteiger charge is -2.35. The second-order valence-corrected chi connectivity index (χ2v) is 6.88. The summed E-state index contributed by atoms with van der Waals surface area (Å²) in [6.07, 6.45) is 2.68. The number of halogens is 2. The molecule has 1 atom stereocenters. The van der Waals surface area contributed by atoms with Gasteiger partial charge in [-0.2, -0.15) is 8.78 Å². The third-order valence-corrected chi connectivity index (χ3v) is 5.18. The van der Waals surface area contributed by atoms with E-state index in [1.165, 1.54) is 0 Å². The Labute approximate surface area is 146 Å². The summed E-state index contributed by atoms with van der Waals surface area (Å²) in [5.74, 6) is 0.448. The second kappa shape index (κ2) is 7.35. The molecule has 3 heterocycles. The van der Waals surface area contributed by atoms with Crippen LogP contribution in [0.15, 0.2) is 24.3 Å². The summed E-state index contributed by atoms with van der Waals surface area (Å²) in [5, 5.41) is 0. The van der Waals surface area contributed by atoms with Gasteiger partial charge in [0.15, 0.2) is 0 Å². The monoisotopic (exact) mass is 350 g/mol. The standard InChI is InChI=1S/C18H24F2N4O/c19-18(20)24-16-6-2-1-5-15(16)21-17(24)13-23-9-7-22(8-10-23)12-14-4-3-11-25-14/h1-2,5-6,14,18H,3-4,7-13H2. The van der Waals surface area contributed by atoms with Crippen LogP contribution in [-0.4, -0.2) is 64.8 Å². The molecule has 2 aliphatic heterocycles. The highest BCUT2D eigenvalue weighted by molar-refractivity contribution is 5.75. The molecule has 0 aliphatic carbocycles. The zero-order valence-corrected chi connectivity index (χ0v) is 14.3. The molecular weight excluding hydrogens is 326 g/mol. The van der Waals surface area contributed by atoms with E-state index in [2.05, 4.69) is 14.8 Å². The third kappa shape index (κ3) is 3.68. The molecule has 4 rings (SSSR count). The number of hydrogen-bond acceptors (Lipinski definition) is 4. The van der Waals surface area contributed by atoms with Gasteiger partial charge in [0.25, 0.3) is 0 Å². The highest BCUT2D eigenvalue weighted by Gasteiger charge is 2.25. The number of benzene rings is 1. The molecule has 0 N–H and O–H groups in total. The van der Waals surface area contributed by atoms with Gasteiger partial charge in [-0.15, -0.1) is 0 Å². The lowest BCUT2D eigenvalue weighted by Crippen LogP contribution is -2.48. The van der Waals surface area contributed by atoms with Crippen LogP contribution in [0.4, 0.5) is 8.78 Å². The fraction of sp³-hybridized carbons (Fsp3) is 0.611. The fourth-order valence-electron chi connectivity index (χ4n) is 3.83. The van der Waals surface area contributed by atoms with Crippen molar-refractivity contribution >= 4 is 11.0 Å². The van der Waals surface area contributed by atoms with E-state index in [0.29, 0.717) is 29.5 Å². The SMILES string of the molecule is FC(F)n1c(CN2CCN(CC3CCCO3)CC2)nc2ccccc21. The van der Waals surface area contributed by atoms with Gasteiger partial charge in [0.1, 0.15) is 5.82 Å². The van der Waals surface area contributed by atoms with Gasteiger partial charge in [0, 0.05) is 39.3 Å². The molecule has 1 aromatic carbocycles. The number of nitrogens with zero attached hydrogens (tertiary/aromatic N) is 4. The first-order valence-electron chi connectivity index (χ1n) is 9.01. The van der Waals surface area contributed by atoms with Crippen LogP contribution >= 0.6 is 0 Å². The number of alkyl halides is 2. The maximum atomic E-state index is 13.5. The summed E-state index contributed by atoms with van der Waals surface area (Å²) in [7, 11) is 0. The molecule has 2 aromatic rings. The van der Waals surface area contributed by atoms with E-state index in [1.54, 1.807) is 18.2 Å². The lowest BCUT2D eigenvalue weighted by atomic mass is 10.2. The molecule has 5 nitrogen and oxygen atoms in total. The van der Waals surface area contributed by atoms with Crippen LogP contribution in [0.2, 0.25) is 0 Å². The first-order valence-corrected chi connectivity index (χ1v) is 9.01. The van der Waals surface area contributed by atoms with Gasteiger partial charge in [-0.1, -0.05) is 12.1 Å². The van der Waals surface area contributed by atoms with Crippen molar-refractivity contribution in [3.8, 4) is 0 Å². The van der Waals surface area contributed by atoms with Crippen LogP contribution in [0, 0.1) is 0 Å². The molecule has 2 fully saturated rings. The summed E-state index contributed by atoms with van der Waals surface area (Å²) in [5.41, 5.74) is 1.14. The summed E-state index contributed by atoms with van der Waals surface area (Å²) in [6.45, 7) is 3.43. The molecular formula is C18H24F2N4O. The van der Waals surface area contributed by atoms with Crippen molar-refractivity contribution in [2.24, 2.45) is 0 Å². The van der Waals surface area contributed by atoms with Gasteiger partial charge in [-0.05, 0) is 25.0 Å². The van der Waals surface area contributed by atoms with Gasteiger partial charge < -0.3 is 4.74 Å². The third-order valence-electron chi connectivity index (χ3n) is 5.18. The Hall–Kier alpha value is -1.57. The fourth-order valence-corrected chi connectivity index (χ4v) is 3.83. The minimum absolute atomic E-state index is 0.370. The largest absolute Gasteiger partial charge is 0.377 e. The highest BCUT2D eigenvalue weighted by atomic mass is 19.3. The van der Waals surface area contributed by atoms with E-state index < -0.39 is 6.55 Å². The van der Waals surface area contributed by atoms with Crippen LogP contribution in [0.25, 0.3) is 11.0 Å². The Morgan fingerprint density at radius 2 is 1.88 bits per heavy atom. The molecule has 2 saturated heterocycles. The molecule has 136 valence electrons. The second-order valence-electron chi connectivity index (χ2n) is 6.88. The number of imidazole rings is 1. The van der Waals surface area contributed by atoms with Crippen molar-refractivity contribution < 1.29 is 13.5 Å². The van der Waals surface area contributed by atoms with E-state index >= 15 is 0 Å². The van der Waals surface area contributed by atoms with Crippen LogP contribution in [0.3, 0.4) is 0 Å². The quantitative estimate of drug-likeness (QED) is 0.830. The number of hydrogen-bond donors (Lipinski definition) is 0. The van der Waals surface area contributed by atoms with Crippen LogP contribution in [0.5, 0.6) is 0 Å². The Kier molecular flexibility index (Phi) is 4.96. The zero-order valence-electron chi connectivity index (χ0n) is 14.3. The Morgan fingerprint density at radius 1 is 1.12 bits per heavy atom. The number of aromatic nitrogens is 2. The summed E-state index contributed by atoms with van der Waals surface area (Å²) >= 11 is 0. The Balaban J connectivity index is 1.40. The predicted octanol–water partition coefficient (Wildman–Crippen LogP) is 2.73. The van der Waals surface area contributed by atoms with Gasteiger partial charge in [0.05, 0.1) is 23.7 Å². The smallest absolute Gasteiger partial charge is 0.320 e. The molecule has 0 spiro atoms. The molecule has 1 unspecified atom stereocenters. The Bertz CT molecular complexity index is 706. The lowest BCUT2D eigenvalue weighted by molar-refractivity contribution is 0.0441. The highest BCUT2D eigenvalue weighted by Crippen LogP contribution is 2.24. The molecule has 0 bridgehead atoms. The normalized spacial score (nSPS) is 23.1. The van der Waals surface area contributed by atoms with Crippen LogP contribution in [0.1, 0.15) is 25.2 Å². The van der Waals surface area contributed by atoms with Crippen molar-refractivity contribution in [1.29, 1.82) is 0 Å². The number of para-hydroxylation sites is 2. The van der Waals surface area contributed by atoms with Crippen molar-refractivity contribution in [1.82, 2.24) is 19.4 Å². The van der Waals surface area contributed by atoms with E-state index in [1.807, 2.05) is 6.07 Å². The minimum Gasteiger partial charge on any atom is -0.377 e. The molecule has 0 saturated carbocycles. The zero-order chi connectivity index (χ0) is 17.2.